The van der Waals surface area contributed by atoms with Crippen molar-refractivity contribution < 1.29 is 0 Å². The van der Waals surface area contributed by atoms with Crippen molar-refractivity contribution in [3.8, 4) is 5.82 Å². The van der Waals surface area contributed by atoms with E-state index >= 15 is 0 Å². The average Bonchev–Trinajstić information content (AvgIpc) is 3.20. The number of fused-ring (bicyclic) bond motifs is 1. The summed E-state index contributed by atoms with van der Waals surface area (Å²) < 4.78 is 1.99. The lowest BCUT2D eigenvalue weighted by Gasteiger charge is -2.18. The van der Waals surface area contributed by atoms with Crippen LogP contribution in [0.1, 0.15) is 50.8 Å². The maximum atomic E-state index is 6.27. The smallest absolute Gasteiger partial charge is 0.143 e. The molecular weight excluding hydrogens is 433 g/mol. The minimum atomic E-state index is -0.165. The lowest BCUT2D eigenvalue weighted by molar-refractivity contribution is 0.736. The van der Waals surface area contributed by atoms with Gasteiger partial charge in [0.1, 0.15) is 35.3 Å². The van der Waals surface area contributed by atoms with Crippen LogP contribution in [0, 0.1) is 6.92 Å². The molecule has 0 aliphatic heterocycles. The third-order valence-corrected chi connectivity index (χ3v) is 5.13. The van der Waals surface area contributed by atoms with Crippen molar-refractivity contribution in [2.75, 3.05) is 5.32 Å². The molecule has 0 saturated carbocycles. The second kappa shape index (κ2) is 10.0. The number of anilines is 1. The van der Waals surface area contributed by atoms with E-state index in [9.17, 15) is 0 Å². The van der Waals surface area contributed by atoms with E-state index in [0.717, 1.165) is 34.4 Å². The molecule has 0 bridgehead atoms. The second-order valence-electron chi connectivity index (χ2n) is 6.70. The summed E-state index contributed by atoms with van der Waals surface area (Å²) in [5.41, 5.74) is 2.88. The highest BCUT2D eigenvalue weighted by atomic mass is 35.5. The van der Waals surface area contributed by atoms with Gasteiger partial charge in [-0.2, -0.15) is 0 Å². The fourth-order valence-electron chi connectivity index (χ4n) is 3.36. The van der Waals surface area contributed by atoms with Gasteiger partial charge in [0, 0.05) is 28.4 Å². The number of nitrogens with zero attached hydrogens (tertiary/aromatic N) is 6. The van der Waals surface area contributed by atoms with Crippen LogP contribution >= 0.6 is 23.2 Å². The number of aromatic nitrogens is 6. The van der Waals surface area contributed by atoms with Gasteiger partial charge < -0.3 is 5.32 Å². The third kappa shape index (κ3) is 4.78. The Morgan fingerprint density at radius 3 is 2.45 bits per heavy atom. The van der Waals surface area contributed by atoms with Gasteiger partial charge in [-0.05, 0) is 38.0 Å². The maximum Gasteiger partial charge on any atom is 0.143 e. The normalized spacial score (nSPS) is 11.7. The monoisotopic (exact) mass is 457 g/mol. The van der Waals surface area contributed by atoms with Crippen molar-refractivity contribution in [1.29, 1.82) is 0 Å². The van der Waals surface area contributed by atoms with Gasteiger partial charge in [-0.1, -0.05) is 44.0 Å². The van der Waals surface area contributed by atoms with Crippen molar-refractivity contribution in [2.45, 2.75) is 47.1 Å². The molecule has 1 atom stereocenters. The molecule has 1 N–H and O–H groups in total. The van der Waals surface area contributed by atoms with Crippen LogP contribution in [0.3, 0.4) is 0 Å². The van der Waals surface area contributed by atoms with Crippen LogP contribution in [0.15, 0.2) is 37.1 Å². The van der Waals surface area contributed by atoms with E-state index in [1.807, 2.05) is 50.6 Å². The predicted molar refractivity (Wildman–Crippen MR) is 126 cm³/mol. The van der Waals surface area contributed by atoms with Crippen molar-refractivity contribution in [3.05, 3.63) is 64.3 Å². The van der Waals surface area contributed by atoms with Crippen LogP contribution in [0.5, 0.6) is 0 Å². The maximum absolute atomic E-state index is 6.27. The second-order valence-corrected chi connectivity index (χ2v) is 7.53. The van der Waals surface area contributed by atoms with Gasteiger partial charge in [-0.25, -0.2) is 24.9 Å². The molecule has 0 amide bonds. The number of nitrogens with one attached hydrogen (secondary N) is 1. The molecule has 1 aromatic carbocycles. The fraction of sp³-hybridized carbons (Fsp3) is 0.318. The van der Waals surface area contributed by atoms with Crippen LogP contribution < -0.4 is 5.32 Å². The Labute approximate surface area is 191 Å². The Morgan fingerprint density at radius 1 is 1.00 bits per heavy atom. The van der Waals surface area contributed by atoms with Gasteiger partial charge in [-0.3, -0.25) is 4.57 Å². The zero-order valence-corrected chi connectivity index (χ0v) is 19.7. The summed E-state index contributed by atoms with van der Waals surface area (Å²) in [6.07, 6.45) is 5.64. The summed E-state index contributed by atoms with van der Waals surface area (Å²) in [7, 11) is 0. The number of hydrogen-bond donors (Lipinski definition) is 1. The fourth-order valence-corrected chi connectivity index (χ4v) is 3.77. The minimum absolute atomic E-state index is 0.165. The van der Waals surface area contributed by atoms with Crippen molar-refractivity contribution in [3.63, 3.8) is 0 Å². The van der Waals surface area contributed by atoms with Gasteiger partial charge >= 0.3 is 0 Å². The number of benzene rings is 1. The first-order valence-corrected chi connectivity index (χ1v) is 10.9. The summed E-state index contributed by atoms with van der Waals surface area (Å²) in [4.78, 5) is 21.8. The van der Waals surface area contributed by atoms with Crippen LogP contribution in [0.4, 0.5) is 5.82 Å². The molecule has 7 nitrogen and oxygen atoms in total. The summed E-state index contributed by atoms with van der Waals surface area (Å²) in [6, 6.07) is 5.32. The number of rotatable bonds is 5. The highest BCUT2D eigenvalue weighted by molar-refractivity contribution is 6.31. The molecule has 4 aromatic rings. The first-order valence-electron chi connectivity index (χ1n) is 10.2. The average molecular weight is 458 g/mol. The van der Waals surface area contributed by atoms with Crippen molar-refractivity contribution in [1.82, 2.24) is 29.5 Å². The summed E-state index contributed by atoms with van der Waals surface area (Å²) in [5.74, 6) is 2.16. The Balaban J connectivity index is 0.00000132. The van der Waals surface area contributed by atoms with Gasteiger partial charge in [-0.15, -0.1) is 0 Å². The molecule has 4 rings (SSSR count). The number of aryl methyl sites for hydroxylation is 2. The van der Waals surface area contributed by atoms with Crippen LogP contribution in [0.2, 0.25) is 10.2 Å². The minimum Gasteiger partial charge on any atom is -0.360 e. The quantitative estimate of drug-likeness (QED) is 0.371. The number of halogens is 2. The molecule has 3 heterocycles. The Kier molecular flexibility index (Phi) is 7.41. The van der Waals surface area contributed by atoms with Crippen molar-refractivity contribution in [2.24, 2.45) is 0 Å². The van der Waals surface area contributed by atoms with E-state index < -0.39 is 0 Å². The van der Waals surface area contributed by atoms with Gasteiger partial charge in [0.15, 0.2) is 0 Å². The number of imidazole rings is 1. The molecule has 3 aromatic heterocycles. The van der Waals surface area contributed by atoms with E-state index in [0.29, 0.717) is 21.8 Å². The summed E-state index contributed by atoms with van der Waals surface area (Å²) in [6.45, 7) is 10.1. The molecule has 31 heavy (non-hydrogen) atoms. The predicted octanol–water partition coefficient (Wildman–Crippen LogP) is 5.98. The zero-order chi connectivity index (χ0) is 22.5. The van der Waals surface area contributed by atoms with Gasteiger partial charge in [0.25, 0.3) is 0 Å². The summed E-state index contributed by atoms with van der Waals surface area (Å²) >= 11 is 12.3. The third-order valence-electron chi connectivity index (χ3n) is 4.71. The number of hydrogen-bond acceptors (Lipinski definition) is 6. The van der Waals surface area contributed by atoms with E-state index in [1.54, 1.807) is 12.4 Å². The lowest BCUT2D eigenvalue weighted by atomic mass is 10.1. The SMILES string of the molecule is CC.CCc1cnc(C(C)Nc2ncnc3c(C)cc(Cl)cc23)n1-c1cc(Cl)ncn1. The van der Waals surface area contributed by atoms with E-state index in [2.05, 4.69) is 37.2 Å². The molecule has 0 saturated heterocycles. The zero-order valence-electron chi connectivity index (χ0n) is 18.2. The lowest BCUT2D eigenvalue weighted by Crippen LogP contribution is -2.16. The molecule has 1 unspecified atom stereocenters. The topological polar surface area (TPSA) is 81.4 Å². The molecule has 0 spiro atoms. The Bertz CT molecular complexity index is 1190. The Hall–Kier alpha value is -2.77. The van der Waals surface area contributed by atoms with E-state index in [-0.39, 0.29) is 6.04 Å². The van der Waals surface area contributed by atoms with E-state index in [1.165, 1.54) is 6.33 Å². The summed E-state index contributed by atoms with van der Waals surface area (Å²) in [5, 5.41) is 5.34. The molecular formula is C22H25Cl2N7. The van der Waals surface area contributed by atoms with Gasteiger partial charge in [0.05, 0.1) is 11.6 Å². The van der Waals surface area contributed by atoms with Gasteiger partial charge in [0.2, 0.25) is 0 Å². The standard InChI is InChI=1S/C20H19Cl2N7.C2H6/c1-4-14-8-23-20(29(14)17-7-16(22)24-9-25-17)12(3)28-19-15-6-13(21)5-11(2)18(15)26-10-27-19;1-2/h5-10,12H,4H2,1-3H3,(H,26,27,28);1-2H3. The largest absolute Gasteiger partial charge is 0.360 e. The van der Waals surface area contributed by atoms with Crippen molar-refractivity contribution >= 4 is 39.9 Å². The molecule has 0 aliphatic carbocycles. The van der Waals surface area contributed by atoms with E-state index in [4.69, 9.17) is 23.2 Å². The van der Waals surface area contributed by atoms with Crippen LogP contribution in [-0.2, 0) is 6.42 Å². The van der Waals surface area contributed by atoms with Crippen LogP contribution in [-0.4, -0.2) is 29.5 Å². The first kappa shape index (κ1) is 22.9. The molecule has 162 valence electrons. The highest BCUT2D eigenvalue weighted by Gasteiger charge is 2.19. The molecule has 0 aliphatic rings. The molecule has 9 heteroatoms. The molecule has 0 radical (unpaired) electrons. The highest BCUT2D eigenvalue weighted by Crippen LogP contribution is 2.29. The Morgan fingerprint density at radius 2 is 1.74 bits per heavy atom. The first-order chi connectivity index (χ1) is 15.0. The van der Waals surface area contributed by atoms with Crippen LogP contribution in [0.25, 0.3) is 16.7 Å². The molecule has 0 fully saturated rings.